The Kier molecular flexibility index (Phi) is 6.13. The Balaban J connectivity index is 1.95. The lowest BCUT2D eigenvalue weighted by Gasteiger charge is -2.17. The van der Waals surface area contributed by atoms with E-state index >= 15 is 0 Å². The fourth-order valence-electron chi connectivity index (χ4n) is 3.47. The largest absolute Gasteiger partial charge is 0.354 e. The Hall–Kier alpha value is -3.01. The van der Waals surface area contributed by atoms with Crippen molar-refractivity contribution >= 4 is 61.2 Å². The van der Waals surface area contributed by atoms with Crippen molar-refractivity contribution in [2.24, 2.45) is 14.1 Å². The molecule has 0 unspecified atom stereocenters. The third-order valence-electron chi connectivity index (χ3n) is 5.12. The van der Waals surface area contributed by atoms with E-state index in [0.717, 1.165) is 0 Å². The minimum atomic E-state index is -3.49. The lowest BCUT2D eigenvalue weighted by molar-refractivity contribution is 0.602. The van der Waals surface area contributed by atoms with E-state index < -0.39 is 10.0 Å². The molecule has 0 amide bonds. The normalized spacial score (nSPS) is 11.7. The van der Waals surface area contributed by atoms with Crippen LogP contribution >= 0.6 is 23.2 Å². The van der Waals surface area contributed by atoms with Crippen LogP contribution in [-0.2, 0) is 24.1 Å². The number of hydrogen-bond acceptors (Lipinski definition) is 5. The first kappa shape index (κ1) is 23.2. The summed E-state index contributed by atoms with van der Waals surface area (Å²) in [4.78, 5) is 12.6. The molecule has 0 radical (unpaired) electrons. The summed E-state index contributed by atoms with van der Waals surface area (Å²) in [5.74, 6) is -0.0625. The van der Waals surface area contributed by atoms with Crippen LogP contribution < -0.4 is 15.6 Å². The quantitative estimate of drug-likeness (QED) is 0.393. The summed E-state index contributed by atoms with van der Waals surface area (Å²) in [5, 5.41) is 9.15. The zero-order chi connectivity index (χ0) is 23.9. The lowest BCUT2D eigenvalue weighted by Crippen LogP contribution is -2.16. The first-order chi connectivity index (χ1) is 15.6. The molecule has 4 rings (SSSR count). The summed E-state index contributed by atoms with van der Waals surface area (Å²) >= 11 is 12.4. The first-order valence-corrected chi connectivity index (χ1v) is 12.4. The van der Waals surface area contributed by atoms with Gasteiger partial charge in [0.1, 0.15) is 5.52 Å². The maximum atomic E-state index is 12.6. The minimum absolute atomic E-state index is 0.0625. The van der Waals surface area contributed by atoms with Crippen LogP contribution in [0.25, 0.3) is 22.0 Å². The number of hydrogen-bond donors (Lipinski definition) is 2. The maximum Gasteiger partial charge on any atom is 0.261 e. The van der Waals surface area contributed by atoms with E-state index in [1.165, 1.54) is 4.57 Å². The lowest BCUT2D eigenvalue weighted by atomic mass is 10.0. The molecule has 0 bridgehead atoms. The van der Waals surface area contributed by atoms with Gasteiger partial charge >= 0.3 is 0 Å². The predicted octanol–water partition coefficient (Wildman–Crippen LogP) is 4.75. The standard InChI is InChI=1S/C22H21Cl2N5O3S/c1-4-33(31,32)27-14-6-8-19(25-20-7-5-13(23)9-18(20)24)15(10-14)16-11-28(2)22(30)17-12-29(3)26-21(16)17/h5-12,25,27H,4H2,1-3H3. The molecule has 2 heterocycles. The van der Waals surface area contributed by atoms with Gasteiger partial charge in [-0.25, -0.2) is 8.42 Å². The Labute approximate surface area is 200 Å². The van der Waals surface area contributed by atoms with Gasteiger partial charge in [0, 0.05) is 54.0 Å². The molecule has 8 nitrogen and oxygen atoms in total. The van der Waals surface area contributed by atoms with Gasteiger partial charge < -0.3 is 9.88 Å². The molecule has 11 heteroatoms. The van der Waals surface area contributed by atoms with Crippen molar-refractivity contribution in [3.05, 3.63) is 69.2 Å². The number of rotatable bonds is 6. The molecule has 2 N–H and O–H groups in total. The van der Waals surface area contributed by atoms with Crippen LogP contribution in [-0.4, -0.2) is 28.5 Å². The molecule has 0 spiro atoms. The van der Waals surface area contributed by atoms with E-state index in [1.54, 1.807) is 74.5 Å². The van der Waals surface area contributed by atoms with Gasteiger partial charge in [0.05, 0.1) is 21.8 Å². The van der Waals surface area contributed by atoms with Gasteiger partial charge in [-0.15, -0.1) is 0 Å². The van der Waals surface area contributed by atoms with Crippen molar-refractivity contribution in [3.8, 4) is 11.1 Å². The topological polar surface area (TPSA) is 98.0 Å². The van der Waals surface area contributed by atoms with Gasteiger partial charge in [0.25, 0.3) is 5.56 Å². The molecule has 0 saturated carbocycles. The second kappa shape index (κ2) is 8.74. The van der Waals surface area contributed by atoms with Crippen LogP contribution in [0.2, 0.25) is 10.0 Å². The molecule has 0 aliphatic carbocycles. The van der Waals surface area contributed by atoms with Crippen molar-refractivity contribution in [2.75, 3.05) is 15.8 Å². The zero-order valence-corrected chi connectivity index (χ0v) is 20.4. The highest BCUT2D eigenvalue weighted by atomic mass is 35.5. The summed E-state index contributed by atoms with van der Waals surface area (Å²) in [7, 11) is -0.0935. The van der Waals surface area contributed by atoms with Crippen molar-refractivity contribution in [1.82, 2.24) is 14.3 Å². The van der Waals surface area contributed by atoms with Crippen LogP contribution in [0.1, 0.15) is 6.92 Å². The highest BCUT2D eigenvalue weighted by Crippen LogP contribution is 2.37. The van der Waals surface area contributed by atoms with Crippen molar-refractivity contribution < 1.29 is 8.42 Å². The highest BCUT2D eigenvalue weighted by Gasteiger charge is 2.18. The fraction of sp³-hybridized carbons (Fsp3) is 0.182. The molecule has 0 saturated heterocycles. The van der Waals surface area contributed by atoms with Crippen molar-refractivity contribution in [2.45, 2.75) is 6.92 Å². The highest BCUT2D eigenvalue weighted by molar-refractivity contribution is 7.92. The monoisotopic (exact) mass is 505 g/mol. The molecule has 0 aliphatic rings. The van der Waals surface area contributed by atoms with Crippen LogP contribution in [0.5, 0.6) is 0 Å². The van der Waals surface area contributed by atoms with Crippen LogP contribution in [0.15, 0.2) is 53.6 Å². The molecule has 2 aromatic carbocycles. The first-order valence-electron chi connectivity index (χ1n) is 9.98. The Bertz CT molecular complexity index is 1540. The third kappa shape index (κ3) is 4.71. The van der Waals surface area contributed by atoms with Gasteiger partial charge in [-0.2, -0.15) is 5.10 Å². The fourth-order valence-corrected chi connectivity index (χ4v) is 4.56. The number of anilines is 3. The summed E-state index contributed by atoms with van der Waals surface area (Å²) in [5.41, 5.74) is 3.25. The number of aromatic nitrogens is 3. The number of sulfonamides is 1. The van der Waals surface area contributed by atoms with Gasteiger partial charge in [-0.3, -0.25) is 14.2 Å². The molecule has 2 aromatic heterocycles. The second-order valence-corrected chi connectivity index (χ2v) is 10.4. The maximum absolute atomic E-state index is 12.6. The molecule has 4 aromatic rings. The Morgan fingerprint density at radius 3 is 2.42 bits per heavy atom. The number of benzene rings is 2. The molecule has 0 atom stereocenters. The summed E-state index contributed by atoms with van der Waals surface area (Å²) in [6.07, 6.45) is 3.34. The Morgan fingerprint density at radius 2 is 1.73 bits per heavy atom. The number of nitrogens with one attached hydrogen (secondary N) is 2. The average Bonchev–Trinajstić information content (AvgIpc) is 3.15. The van der Waals surface area contributed by atoms with Crippen LogP contribution in [0.4, 0.5) is 17.1 Å². The van der Waals surface area contributed by atoms with E-state index in [-0.39, 0.29) is 11.3 Å². The second-order valence-electron chi connectivity index (χ2n) is 7.54. The van der Waals surface area contributed by atoms with E-state index in [1.807, 2.05) is 0 Å². The van der Waals surface area contributed by atoms with Crippen LogP contribution in [0, 0.1) is 0 Å². The van der Waals surface area contributed by atoms with E-state index in [9.17, 15) is 13.2 Å². The number of fused-ring (bicyclic) bond motifs is 1. The number of nitrogens with zero attached hydrogens (tertiary/aromatic N) is 3. The summed E-state index contributed by atoms with van der Waals surface area (Å²) in [6.45, 7) is 1.56. The molecule has 172 valence electrons. The number of aryl methyl sites for hydroxylation is 2. The van der Waals surface area contributed by atoms with E-state index in [0.29, 0.717) is 49.1 Å². The van der Waals surface area contributed by atoms with Gasteiger partial charge in [-0.1, -0.05) is 23.2 Å². The van der Waals surface area contributed by atoms with Gasteiger partial charge in [0.2, 0.25) is 10.0 Å². The van der Waals surface area contributed by atoms with Crippen LogP contribution in [0.3, 0.4) is 0 Å². The summed E-state index contributed by atoms with van der Waals surface area (Å²) < 4.78 is 30.0. The van der Waals surface area contributed by atoms with Gasteiger partial charge in [-0.05, 0) is 43.3 Å². The van der Waals surface area contributed by atoms with E-state index in [4.69, 9.17) is 23.2 Å². The molecule has 0 fully saturated rings. The van der Waals surface area contributed by atoms with Gasteiger partial charge in [0.15, 0.2) is 0 Å². The van der Waals surface area contributed by atoms with E-state index in [2.05, 4.69) is 15.1 Å². The zero-order valence-electron chi connectivity index (χ0n) is 18.1. The molecular formula is C22H21Cl2N5O3S. The Morgan fingerprint density at radius 1 is 1.00 bits per heavy atom. The van der Waals surface area contributed by atoms with Crippen molar-refractivity contribution in [1.29, 1.82) is 0 Å². The number of halogens is 2. The summed E-state index contributed by atoms with van der Waals surface area (Å²) in [6, 6.07) is 10.2. The smallest absolute Gasteiger partial charge is 0.261 e. The average molecular weight is 506 g/mol. The molecular weight excluding hydrogens is 485 g/mol. The molecule has 33 heavy (non-hydrogen) atoms. The minimum Gasteiger partial charge on any atom is -0.354 e. The number of pyridine rings is 1. The molecule has 0 aliphatic heterocycles. The SMILES string of the molecule is CCS(=O)(=O)Nc1ccc(Nc2ccc(Cl)cc2Cl)c(-c2cn(C)c(=O)c3cn(C)nc23)c1. The van der Waals surface area contributed by atoms with Crippen molar-refractivity contribution in [3.63, 3.8) is 0 Å². The predicted molar refractivity (Wildman–Crippen MR) is 134 cm³/mol. The third-order valence-corrected chi connectivity index (χ3v) is 6.98.